The molecule has 7 heteroatoms. The van der Waals surface area contributed by atoms with Gasteiger partial charge in [0.1, 0.15) is 5.82 Å². The third-order valence-electron chi connectivity index (χ3n) is 3.02. The molecule has 0 saturated heterocycles. The molecule has 0 heterocycles. The van der Waals surface area contributed by atoms with E-state index in [1.807, 2.05) is 0 Å². The highest BCUT2D eigenvalue weighted by atomic mass is 32.2. The van der Waals surface area contributed by atoms with Crippen LogP contribution in [0.5, 0.6) is 0 Å². The van der Waals surface area contributed by atoms with Gasteiger partial charge in [0.2, 0.25) is 5.78 Å². The lowest BCUT2D eigenvalue weighted by Crippen LogP contribution is -2.17. The van der Waals surface area contributed by atoms with Gasteiger partial charge in [-0.3, -0.25) is 4.79 Å². The van der Waals surface area contributed by atoms with Crippen LogP contribution in [-0.2, 0) is 14.6 Å². The van der Waals surface area contributed by atoms with Crippen LogP contribution in [0.25, 0.3) is 0 Å². The van der Waals surface area contributed by atoms with Crippen molar-refractivity contribution in [1.82, 2.24) is 0 Å². The van der Waals surface area contributed by atoms with E-state index in [9.17, 15) is 22.4 Å². The lowest BCUT2D eigenvalue weighted by Gasteiger charge is -2.08. The van der Waals surface area contributed by atoms with E-state index in [0.717, 1.165) is 12.3 Å². The summed E-state index contributed by atoms with van der Waals surface area (Å²) in [6.07, 6.45) is 0.962. The summed E-state index contributed by atoms with van der Waals surface area (Å²) in [5.41, 5.74) is -0.368. The van der Waals surface area contributed by atoms with E-state index in [1.54, 1.807) is 0 Å². The minimum Gasteiger partial charge on any atom is -0.454 e. The molecule has 120 valence electrons. The SMILES string of the molecule is CS(=O)(=O)c1ccccc1C(=O)OCC(=O)c1ccccc1F. The molecule has 0 bridgehead atoms. The fourth-order valence-corrected chi connectivity index (χ4v) is 2.81. The lowest BCUT2D eigenvalue weighted by molar-refractivity contribution is 0.0470. The van der Waals surface area contributed by atoms with Gasteiger partial charge in [0.25, 0.3) is 0 Å². The topological polar surface area (TPSA) is 77.5 Å². The number of ether oxygens (including phenoxy) is 1. The minimum atomic E-state index is -3.62. The molecule has 0 amide bonds. The van der Waals surface area contributed by atoms with Gasteiger partial charge < -0.3 is 4.74 Å². The summed E-state index contributed by atoms with van der Waals surface area (Å²) >= 11 is 0. The summed E-state index contributed by atoms with van der Waals surface area (Å²) in [4.78, 5) is 23.7. The molecule has 0 aliphatic rings. The van der Waals surface area contributed by atoms with Gasteiger partial charge >= 0.3 is 5.97 Å². The van der Waals surface area contributed by atoms with Crippen molar-refractivity contribution in [3.63, 3.8) is 0 Å². The van der Waals surface area contributed by atoms with Crippen molar-refractivity contribution in [2.24, 2.45) is 0 Å². The zero-order valence-electron chi connectivity index (χ0n) is 12.2. The molecular formula is C16H13FO5S. The number of rotatable bonds is 5. The second-order valence-electron chi connectivity index (χ2n) is 4.75. The second-order valence-corrected chi connectivity index (χ2v) is 6.73. The van der Waals surface area contributed by atoms with E-state index >= 15 is 0 Å². The predicted molar refractivity (Wildman–Crippen MR) is 80.6 cm³/mol. The largest absolute Gasteiger partial charge is 0.454 e. The average Bonchev–Trinajstić information content (AvgIpc) is 2.52. The van der Waals surface area contributed by atoms with Gasteiger partial charge in [-0.2, -0.15) is 0 Å². The van der Waals surface area contributed by atoms with Crippen LogP contribution in [0.2, 0.25) is 0 Å². The van der Waals surface area contributed by atoms with Gasteiger partial charge in [-0.15, -0.1) is 0 Å². The molecule has 0 aromatic heterocycles. The Kier molecular flexibility index (Phi) is 4.90. The van der Waals surface area contributed by atoms with Crippen LogP contribution < -0.4 is 0 Å². The average molecular weight is 336 g/mol. The van der Waals surface area contributed by atoms with Crippen LogP contribution in [0.15, 0.2) is 53.4 Å². The molecule has 23 heavy (non-hydrogen) atoms. The molecule has 2 aromatic carbocycles. The lowest BCUT2D eigenvalue weighted by atomic mass is 10.1. The number of ketones is 1. The van der Waals surface area contributed by atoms with E-state index < -0.39 is 34.0 Å². The Labute approximate surface area is 132 Å². The van der Waals surface area contributed by atoms with Crippen molar-refractivity contribution in [1.29, 1.82) is 0 Å². The van der Waals surface area contributed by atoms with Crippen molar-refractivity contribution in [3.8, 4) is 0 Å². The van der Waals surface area contributed by atoms with E-state index in [0.29, 0.717) is 0 Å². The fourth-order valence-electron chi connectivity index (χ4n) is 1.93. The number of hydrogen-bond acceptors (Lipinski definition) is 5. The second kappa shape index (κ2) is 6.70. The first kappa shape index (κ1) is 16.8. The first-order chi connectivity index (χ1) is 10.8. The third kappa shape index (κ3) is 4.01. The fraction of sp³-hybridized carbons (Fsp3) is 0.125. The molecule has 0 unspecified atom stereocenters. The van der Waals surface area contributed by atoms with Crippen molar-refractivity contribution < 1.29 is 27.1 Å². The number of Topliss-reactive ketones (excluding diaryl/α,β-unsaturated/α-hetero) is 1. The number of benzene rings is 2. The highest BCUT2D eigenvalue weighted by Gasteiger charge is 2.20. The summed E-state index contributed by atoms with van der Waals surface area (Å²) in [6, 6.07) is 10.8. The van der Waals surface area contributed by atoms with Gasteiger partial charge in [0, 0.05) is 6.26 Å². The van der Waals surface area contributed by atoms with Crippen LogP contribution in [0.1, 0.15) is 20.7 Å². The standard InChI is InChI=1S/C16H13FO5S/c1-23(20,21)15-9-5-3-7-12(15)16(19)22-10-14(18)11-6-2-4-8-13(11)17/h2-9H,10H2,1H3. The van der Waals surface area contributed by atoms with Crippen LogP contribution in [0.3, 0.4) is 0 Å². The zero-order chi connectivity index (χ0) is 17.0. The van der Waals surface area contributed by atoms with Crippen LogP contribution in [-0.4, -0.2) is 33.0 Å². The van der Waals surface area contributed by atoms with Crippen molar-refractivity contribution in [2.45, 2.75) is 4.90 Å². The number of carbonyl (C=O) groups excluding carboxylic acids is 2. The summed E-state index contributed by atoms with van der Waals surface area (Å²) in [7, 11) is -3.62. The smallest absolute Gasteiger partial charge is 0.339 e. The van der Waals surface area contributed by atoms with Gasteiger partial charge in [0.15, 0.2) is 16.4 Å². The maximum absolute atomic E-state index is 13.5. The molecule has 0 fully saturated rings. The van der Waals surface area contributed by atoms with Crippen molar-refractivity contribution in [3.05, 3.63) is 65.5 Å². The molecule has 2 rings (SSSR count). The monoisotopic (exact) mass is 336 g/mol. The highest BCUT2D eigenvalue weighted by Crippen LogP contribution is 2.16. The molecule has 0 atom stereocenters. The van der Waals surface area contributed by atoms with Gasteiger partial charge in [-0.25, -0.2) is 17.6 Å². The number of carbonyl (C=O) groups is 2. The third-order valence-corrected chi connectivity index (χ3v) is 4.17. The Morgan fingerprint density at radius 1 is 1.00 bits per heavy atom. The molecule has 0 aliphatic heterocycles. The van der Waals surface area contributed by atoms with E-state index in [4.69, 9.17) is 4.74 Å². The molecule has 0 aliphatic carbocycles. The summed E-state index contributed by atoms with van der Waals surface area (Å²) in [6.45, 7) is -0.683. The quantitative estimate of drug-likeness (QED) is 0.618. The summed E-state index contributed by atoms with van der Waals surface area (Å²) < 4.78 is 41.6. The first-order valence-electron chi connectivity index (χ1n) is 6.54. The Morgan fingerprint density at radius 3 is 2.17 bits per heavy atom. The maximum Gasteiger partial charge on any atom is 0.339 e. The molecule has 0 spiro atoms. The predicted octanol–water partition coefficient (Wildman–Crippen LogP) is 2.27. The van der Waals surface area contributed by atoms with Crippen LogP contribution in [0.4, 0.5) is 4.39 Å². The first-order valence-corrected chi connectivity index (χ1v) is 8.44. The highest BCUT2D eigenvalue weighted by molar-refractivity contribution is 7.90. The normalized spacial score (nSPS) is 11.0. The number of halogens is 1. The Balaban J connectivity index is 2.15. The van der Waals surface area contributed by atoms with Crippen molar-refractivity contribution >= 4 is 21.6 Å². The summed E-state index contributed by atoms with van der Waals surface area (Å²) in [5.74, 6) is -2.39. The van der Waals surface area contributed by atoms with E-state index in [-0.39, 0.29) is 16.0 Å². The summed E-state index contributed by atoms with van der Waals surface area (Å²) in [5, 5.41) is 0. The molecule has 0 radical (unpaired) electrons. The Bertz CT molecular complexity index is 858. The van der Waals surface area contributed by atoms with Gasteiger partial charge in [-0.05, 0) is 24.3 Å². The van der Waals surface area contributed by atoms with Crippen LogP contribution >= 0.6 is 0 Å². The van der Waals surface area contributed by atoms with Crippen molar-refractivity contribution in [2.75, 3.05) is 12.9 Å². The van der Waals surface area contributed by atoms with Gasteiger partial charge in [-0.1, -0.05) is 24.3 Å². The number of esters is 1. The van der Waals surface area contributed by atoms with E-state index in [2.05, 4.69) is 0 Å². The Morgan fingerprint density at radius 2 is 1.57 bits per heavy atom. The Hall–Kier alpha value is -2.54. The maximum atomic E-state index is 13.5. The molecule has 5 nitrogen and oxygen atoms in total. The molecule has 0 saturated carbocycles. The van der Waals surface area contributed by atoms with E-state index in [1.165, 1.54) is 42.5 Å². The number of hydrogen-bond donors (Lipinski definition) is 0. The molecule has 2 aromatic rings. The van der Waals surface area contributed by atoms with Gasteiger partial charge in [0.05, 0.1) is 16.0 Å². The minimum absolute atomic E-state index is 0.170. The number of sulfone groups is 1. The van der Waals surface area contributed by atoms with Crippen LogP contribution in [0, 0.1) is 5.82 Å². The zero-order valence-corrected chi connectivity index (χ0v) is 13.0. The molecular weight excluding hydrogens is 323 g/mol. The molecule has 0 N–H and O–H groups in total.